The average molecular weight is 466 g/mol. The van der Waals surface area contributed by atoms with E-state index in [0.29, 0.717) is 22.8 Å². The number of hydrogen-bond donors (Lipinski definition) is 1. The van der Waals surface area contributed by atoms with E-state index in [1.54, 1.807) is 18.4 Å². The van der Waals surface area contributed by atoms with Crippen molar-refractivity contribution in [3.05, 3.63) is 71.7 Å². The lowest BCUT2D eigenvalue weighted by Gasteiger charge is -2.34. The van der Waals surface area contributed by atoms with Gasteiger partial charge in [0.1, 0.15) is 5.76 Å². The molecule has 1 amide bonds. The topological polar surface area (TPSA) is 76.4 Å². The molecular weight excluding hydrogens is 434 g/mol. The van der Waals surface area contributed by atoms with Crippen molar-refractivity contribution in [1.29, 1.82) is 0 Å². The van der Waals surface area contributed by atoms with Crippen molar-refractivity contribution in [2.75, 3.05) is 52.8 Å². The Hall–Kier alpha value is -3.49. The number of benzene rings is 2. The van der Waals surface area contributed by atoms with E-state index in [9.17, 15) is 4.79 Å². The lowest BCUT2D eigenvalue weighted by Crippen LogP contribution is -2.45. The predicted octanol–water partition coefficient (Wildman–Crippen LogP) is 3.88. The summed E-state index contributed by atoms with van der Waals surface area (Å²) in [4.78, 5) is 17.7. The van der Waals surface area contributed by atoms with Crippen LogP contribution in [-0.4, -0.2) is 63.2 Å². The fraction of sp³-hybridized carbons (Fsp3) is 0.346. The van der Waals surface area contributed by atoms with Crippen LogP contribution in [0.15, 0.2) is 59.2 Å². The Labute approximate surface area is 200 Å². The summed E-state index contributed by atoms with van der Waals surface area (Å²) in [7, 11) is 4.58. The van der Waals surface area contributed by atoms with E-state index in [-0.39, 0.29) is 5.91 Å². The highest BCUT2D eigenvalue weighted by atomic mass is 16.5. The van der Waals surface area contributed by atoms with Gasteiger partial charge in [-0.3, -0.25) is 14.6 Å². The summed E-state index contributed by atoms with van der Waals surface area (Å²) in [6.07, 6.45) is 1.72. The Morgan fingerprint density at radius 2 is 1.50 bits per heavy atom. The lowest BCUT2D eigenvalue weighted by molar-refractivity contribution is 0.102. The van der Waals surface area contributed by atoms with Gasteiger partial charge >= 0.3 is 0 Å². The zero-order valence-electron chi connectivity index (χ0n) is 19.9. The first kappa shape index (κ1) is 23.7. The minimum absolute atomic E-state index is 0.250. The number of carbonyl (C=O) groups is 1. The summed E-state index contributed by atoms with van der Waals surface area (Å²) in [5, 5.41) is 2.94. The van der Waals surface area contributed by atoms with Crippen LogP contribution >= 0.6 is 0 Å². The van der Waals surface area contributed by atoms with E-state index in [2.05, 4.69) is 27.2 Å². The van der Waals surface area contributed by atoms with Crippen molar-refractivity contribution in [1.82, 2.24) is 9.80 Å². The van der Waals surface area contributed by atoms with Crippen molar-refractivity contribution in [3.63, 3.8) is 0 Å². The number of carbonyl (C=O) groups excluding carboxylic acids is 1. The van der Waals surface area contributed by atoms with Gasteiger partial charge in [0.15, 0.2) is 11.5 Å². The van der Waals surface area contributed by atoms with E-state index >= 15 is 0 Å². The molecule has 8 nitrogen and oxygen atoms in total. The van der Waals surface area contributed by atoms with E-state index in [4.69, 9.17) is 18.6 Å². The highest BCUT2D eigenvalue weighted by Gasteiger charge is 2.19. The van der Waals surface area contributed by atoms with Crippen molar-refractivity contribution >= 4 is 11.6 Å². The van der Waals surface area contributed by atoms with Crippen LogP contribution in [0.5, 0.6) is 17.2 Å². The van der Waals surface area contributed by atoms with Crippen LogP contribution in [0.4, 0.5) is 5.69 Å². The molecule has 180 valence electrons. The van der Waals surface area contributed by atoms with E-state index in [1.807, 2.05) is 24.3 Å². The number of ether oxygens (including phenoxy) is 3. The van der Waals surface area contributed by atoms with Gasteiger partial charge in [-0.15, -0.1) is 0 Å². The first-order chi connectivity index (χ1) is 16.6. The summed E-state index contributed by atoms with van der Waals surface area (Å²) < 4.78 is 21.5. The minimum Gasteiger partial charge on any atom is -0.493 e. The largest absolute Gasteiger partial charge is 0.493 e. The van der Waals surface area contributed by atoms with Crippen LogP contribution < -0.4 is 19.5 Å². The van der Waals surface area contributed by atoms with Gasteiger partial charge in [-0.1, -0.05) is 12.1 Å². The Balaban J connectivity index is 1.31. The summed E-state index contributed by atoms with van der Waals surface area (Å²) in [6, 6.07) is 15.2. The van der Waals surface area contributed by atoms with Gasteiger partial charge in [-0.05, 0) is 42.0 Å². The van der Waals surface area contributed by atoms with Crippen LogP contribution in [0, 0.1) is 0 Å². The summed E-state index contributed by atoms with van der Waals surface area (Å²) in [5.74, 6) is 2.09. The molecule has 0 unspecified atom stereocenters. The summed E-state index contributed by atoms with van der Waals surface area (Å²) in [5.41, 5.74) is 2.36. The van der Waals surface area contributed by atoms with Gasteiger partial charge in [0.05, 0.1) is 34.1 Å². The number of piperazine rings is 1. The van der Waals surface area contributed by atoms with Crippen molar-refractivity contribution in [3.8, 4) is 17.2 Å². The quantitative estimate of drug-likeness (QED) is 0.514. The molecule has 34 heavy (non-hydrogen) atoms. The molecule has 1 aromatic heterocycles. The first-order valence-corrected chi connectivity index (χ1v) is 11.3. The number of amides is 1. The Bertz CT molecular complexity index is 1050. The van der Waals surface area contributed by atoms with Gasteiger partial charge in [-0.25, -0.2) is 0 Å². The predicted molar refractivity (Wildman–Crippen MR) is 130 cm³/mol. The van der Waals surface area contributed by atoms with E-state index < -0.39 is 0 Å². The Kier molecular flexibility index (Phi) is 7.72. The van der Waals surface area contributed by atoms with Gasteiger partial charge in [0.2, 0.25) is 5.75 Å². The molecule has 0 saturated carbocycles. The molecule has 1 aliphatic rings. The van der Waals surface area contributed by atoms with Gasteiger partial charge in [-0.2, -0.15) is 0 Å². The number of methoxy groups -OCH3 is 3. The molecule has 2 heterocycles. The lowest BCUT2D eigenvalue weighted by atomic mass is 10.1. The van der Waals surface area contributed by atoms with Crippen LogP contribution in [0.25, 0.3) is 0 Å². The average Bonchev–Trinajstić information content (AvgIpc) is 3.38. The van der Waals surface area contributed by atoms with Gasteiger partial charge in [0, 0.05) is 44.0 Å². The fourth-order valence-corrected chi connectivity index (χ4v) is 4.10. The smallest absolute Gasteiger partial charge is 0.255 e. The molecule has 4 rings (SSSR count). The van der Waals surface area contributed by atoms with Crippen LogP contribution in [0.3, 0.4) is 0 Å². The molecule has 0 bridgehead atoms. The molecule has 1 saturated heterocycles. The minimum atomic E-state index is -0.250. The molecular formula is C26H31N3O5. The number of furan rings is 1. The second kappa shape index (κ2) is 11.1. The monoisotopic (exact) mass is 465 g/mol. The van der Waals surface area contributed by atoms with Crippen LogP contribution in [0.2, 0.25) is 0 Å². The second-order valence-corrected chi connectivity index (χ2v) is 8.20. The van der Waals surface area contributed by atoms with Crippen molar-refractivity contribution < 1.29 is 23.4 Å². The highest BCUT2D eigenvalue weighted by Crippen LogP contribution is 2.38. The third-order valence-electron chi connectivity index (χ3n) is 5.97. The molecule has 0 radical (unpaired) electrons. The molecule has 1 N–H and O–H groups in total. The zero-order valence-corrected chi connectivity index (χ0v) is 19.9. The standard InChI is InChI=1S/C26H31N3O5/c1-31-23-15-20(16-24(32-2)25(23)33-3)26(30)27-21-8-6-19(7-9-21)17-28-10-12-29(13-11-28)18-22-5-4-14-34-22/h4-9,14-16H,10-13,17-18H2,1-3H3,(H,27,30). The maximum atomic E-state index is 12.8. The van der Waals surface area contributed by atoms with Gasteiger partial charge < -0.3 is 23.9 Å². The summed E-state index contributed by atoms with van der Waals surface area (Å²) in [6.45, 7) is 5.81. The first-order valence-electron chi connectivity index (χ1n) is 11.3. The third kappa shape index (κ3) is 5.70. The number of nitrogens with zero attached hydrogens (tertiary/aromatic N) is 2. The molecule has 1 aliphatic heterocycles. The molecule has 0 aliphatic carbocycles. The SMILES string of the molecule is COc1cc(C(=O)Nc2ccc(CN3CCN(Cc4ccco4)CC3)cc2)cc(OC)c1OC. The fourth-order valence-electron chi connectivity index (χ4n) is 4.10. The van der Waals surface area contributed by atoms with Gasteiger partial charge in [0.25, 0.3) is 5.91 Å². The number of anilines is 1. The molecule has 2 aromatic carbocycles. The van der Waals surface area contributed by atoms with Crippen LogP contribution in [0.1, 0.15) is 21.7 Å². The Morgan fingerprint density at radius 1 is 0.882 bits per heavy atom. The molecule has 3 aromatic rings. The van der Waals surface area contributed by atoms with E-state index in [0.717, 1.165) is 50.7 Å². The van der Waals surface area contributed by atoms with Crippen LogP contribution in [-0.2, 0) is 13.1 Å². The normalized spacial score (nSPS) is 14.6. The molecule has 0 spiro atoms. The van der Waals surface area contributed by atoms with E-state index in [1.165, 1.54) is 26.9 Å². The molecule has 1 fully saturated rings. The number of rotatable bonds is 9. The number of nitrogens with one attached hydrogen (secondary N) is 1. The molecule has 0 atom stereocenters. The highest BCUT2D eigenvalue weighted by molar-refractivity contribution is 6.05. The zero-order chi connectivity index (χ0) is 23.9. The summed E-state index contributed by atoms with van der Waals surface area (Å²) >= 11 is 0. The van der Waals surface area contributed by atoms with Crippen molar-refractivity contribution in [2.45, 2.75) is 13.1 Å². The maximum absolute atomic E-state index is 12.8. The number of hydrogen-bond acceptors (Lipinski definition) is 7. The Morgan fingerprint density at radius 3 is 2.03 bits per heavy atom. The molecule has 8 heteroatoms. The third-order valence-corrected chi connectivity index (χ3v) is 5.97. The maximum Gasteiger partial charge on any atom is 0.255 e. The van der Waals surface area contributed by atoms with Crippen molar-refractivity contribution in [2.24, 2.45) is 0 Å². The second-order valence-electron chi connectivity index (χ2n) is 8.20.